The Morgan fingerprint density at radius 1 is 1.20 bits per heavy atom. The number of ether oxygens (including phenoxy) is 1. The van der Waals surface area contributed by atoms with Gasteiger partial charge in [-0.3, -0.25) is 0 Å². The number of hydrogen-bond donors (Lipinski definition) is 1. The molecular weight excluding hydrogens is 206 g/mol. The highest BCUT2D eigenvalue weighted by molar-refractivity contribution is 7.94. The molecule has 3 heteroatoms. The molecule has 0 heterocycles. The minimum absolute atomic E-state index is 0.225. The molecule has 0 bridgehead atoms. The maximum atomic E-state index is 5.09. The van der Waals surface area contributed by atoms with Crippen molar-refractivity contribution in [3.05, 3.63) is 29.8 Å². The third-order valence-corrected chi connectivity index (χ3v) is 2.55. The lowest BCUT2D eigenvalue weighted by Crippen LogP contribution is -2.61. The van der Waals surface area contributed by atoms with E-state index in [2.05, 4.69) is 25.2 Å². The topological polar surface area (TPSA) is 23.2 Å². The molecular formula is C12H18NOS+. The fraction of sp³-hybridized carbons (Fsp3) is 0.417. The number of rotatable bonds is 3. The molecule has 0 aromatic heterocycles. The van der Waals surface area contributed by atoms with Gasteiger partial charge in [-0.25, -0.2) is 0 Å². The molecule has 1 rings (SSSR count). The van der Waals surface area contributed by atoms with Crippen molar-refractivity contribution in [3.63, 3.8) is 0 Å². The molecule has 1 aromatic carbocycles. The lowest BCUT2D eigenvalue weighted by Gasteiger charge is -2.06. The van der Waals surface area contributed by atoms with Crippen LogP contribution in [-0.4, -0.2) is 18.1 Å². The summed E-state index contributed by atoms with van der Waals surface area (Å²) >= 11 is 1.70. The first-order chi connectivity index (χ1) is 7.01. The number of methoxy groups -OCH3 is 1. The zero-order valence-corrected chi connectivity index (χ0v) is 10.5. The molecule has 0 unspecified atom stereocenters. The van der Waals surface area contributed by atoms with Crippen molar-refractivity contribution >= 4 is 18.2 Å². The molecule has 1 aromatic rings. The maximum absolute atomic E-state index is 5.09. The molecule has 0 amide bonds. The number of benzene rings is 1. The van der Waals surface area contributed by atoms with Crippen LogP contribution >= 0.6 is 11.9 Å². The molecule has 0 radical (unpaired) electrons. The molecule has 15 heavy (non-hydrogen) atoms. The predicted octanol–water partition coefficient (Wildman–Crippen LogP) is 1.64. The second-order valence-electron chi connectivity index (χ2n) is 4.25. The van der Waals surface area contributed by atoms with Crippen LogP contribution in [-0.2, 0) is 0 Å². The van der Waals surface area contributed by atoms with E-state index in [9.17, 15) is 0 Å². The van der Waals surface area contributed by atoms with Gasteiger partial charge in [0.05, 0.1) is 11.9 Å². The summed E-state index contributed by atoms with van der Waals surface area (Å²) in [7, 11) is 1.67. The largest absolute Gasteiger partial charge is 0.497 e. The van der Waals surface area contributed by atoms with Gasteiger partial charge in [-0.05, 0) is 45.0 Å². The van der Waals surface area contributed by atoms with Gasteiger partial charge in [-0.2, -0.15) is 4.40 Å². The van der Waals surface area contributed by atoms with E-state index in [1.54, 1.807) is 19.1 Å². The molecule has 0 spiro atoms. The van der Waals surface area contributed by atoms with Gasteiger partial charge in [-0.1, -0.05) is 0 Å². The monoisotopic (exact) mass is 224 g/mol. The van der Waals surface area contributed by atoms with E-state index in [1.165, 1.54) is 0 Å². The number of hydrogen-bond acceptors (Lipinski definition) is 2. The first kappa shape index (κ1) is 12.1. The van der Waals surface area contributed by atoms with Crippen LogP contribution < -0.4 is 9.13 Å². The second kappa shape index (κ2) is 5.21. The molecule has 0 saturated heterocycles. The van der Waals surface area contributed by atoms with Crippen LogP contribution in [0.4, 0.5) is 0 Å². The van der Waals surface area contributed by atoms with Crippen LogP contribution in [0.5, 0.6) is 5.75 Å². The van der Waals surface area contributed by atoms with E-state index in [0.29, 0.717) is 0 Å². The maximum Gasteiger partial charge on any atom is 0.182 e. The first-order valence-electron chi connectivity index (χ1n) is 4.92. The minimum atomic E-state index is 0.225. The highest BCUT2D eigenvalue weighted by Crippen LogP contribution is 2.14. The lowest BCUT2D eigenvalue weighted by molar-refractivity contribution is -0.238. The van der Waals surface area contributed by atoms with Gasteiger partial charge < -0.3 is 4.74 Å². The molecule has 0 aliphatic carbocycles. The third-order valence-electron chi connectivity index (χ3n) is 1.71. The van der Waals surface area contributed by atoms with Crippen LogP contribution in [0.3, 0.4) is 0 Å². The molecule has 0 aliphatic heterocycles. The van der Waals surface area contributed by atoms with Gasteiger partial charge in [0.15, 0.2) is 18.2 Å². The van der Waals surface area contributed by atoms with Gasteiger partial charge >= 0.3 is 0 Å². The molecule has 2 nitrogen and oxygen atoms in total. The fourth-order valence-electron chi connectivity index (χ4n) is 0.974. The summed E-state index contributed by atoms with van der Waals surface area (Å²) in [6.07, 6.45) is 2.00. The van der Waals surface area contributed by atoms with E-state index >= 15 is 0 Å². The van der Waals surface area contributed by atoms with Crippen LogP contribution in [0.2, 0.25) is 0 Å². The van der Waals surface area contributed by atoms with Crippen LogP contribution in [0, 0.1) is 0 Å². The quantitative estimate of drug-likeness (QED) is 0.623. The fourth-order valence-corrected chi connectivity index (χ4v) is 1.52. The van der Waals surface area contributed by atoms with Gasteiger partial charge in [-0.15, -0.1) is 0 Å². The van der Waals surface area contributed by atoms with Gasteiger partial charge in [0.1, 0.15) is 5.75 Å². The van der Waals surface area contributed by atoms with Crippen molar-refractivity contribution in [2.75, 3.05) is 7.11 Å². The van der Waals surface area contributed by atoms with Gasteiger partial charge in [0.2, 0.25) is 0 Å². The minimum Gasteiger partial charge on any atom is -0.497 e. The first-order valence-corrected chi connectivity index (χ1v) is 5.74. The Hall–Kier alpha value is -0.960. The summed E-state index contributed by atoms with van der Waals surface area (Å²) in [6, 6.07) is 7.95. The molecule has 0 saturated carbocycles. The zero-order chi connectivity index (χ0) is 11.3. The van der Waals surface area contributed by atoms with E-state index in [-0.39, 0.29) is 4.75 Å². The summed E-state index contributed by atoms with van der Waals surface area (Å²) in [5, 5.41) is 0. The van der Waals surface area contributed by atoms with Crippen molar-refractivity contribution < 1.29 is 9.13 Å². The summed E-state index contributed by atoms with van der Waals surface area (Å²) in [5.41, 5.74) is 1.15. The Kier molecular flexibility index (Phi) is 4.21. The van der Waals surface area contributed by atoms with Crippen molar-refractivity contribution in [3.8, 4) is 5.75 Å². The predicted molar refractivity (Wildman–Crippen MR) is 66.5 cm³/mol. The molecule has 0 aliphatic rings. The molecule has 1 N–H and O–H groups in total. The number of nitrogens with one attached hydrogen (secondary N) is 1. The zero-order valence-electron chi connectivity index (χ0n) is 9.70. The Morgan fingerprint density at radius 3 is 2.27 bits per heavy atom. The van der Waals surface area contributed by atoms with Gasteiger partial charge in [0, 0.05) is 5.56 Å². The summed E-state index contributed by atoms with van der Waals surface area (Å²) < 4.78 is 8.54. The van der Waals surface area contributed by atoms with Crippen molar-refractivity contribution in [1.82, 2.24) is 0 Å². The standard InChI is InChI=1S/C12H17NOS/c1-12(2,3)15-13-9-10-5-7-11(14-4)8-6-10/h5-9H,1-4H3/p+1/b13-9+. The Bertz CT molecular complexity index is 324. The van der Waals surface area contributed by atoms with E-state index in [1.807, 2.05) is 30.5 Å². The normalized spacial score (nSPS) is 12.0. The summed E-state index contributed by atoms with van der Waals surface area (Å²) in [4.78, 5) is 0. The van der Waals surface area contributed by atoms with Gasteiger partial charge in [0.25, 0.3) is 0 Å². The van der Waals surface area contributed by atoms with E-state index in [0.717, 1.165) is 11.3 Å². The Balaban J connectivity index is 2.57. The average molecular weight is 224 g/mol. The molecule has 0 fully saturated rings. The molecule has 0 atom stereocenters. The smallest absolute Gasteiger partial charge is 0.182 e. The van der Waals surface area contributed by atoms with Crippen LogP contribution in [0.25, 0.3) is 0 Å². The van der Waals surface area contributed by atoms with Crippen LogP contribution in [0.15, 0.2) is 24.3 Å². The van der Waals surface area contributed by atoms with Crippen molar-refractivity contribution in [1.29, 1.82) is 0 Å². The Labute approximate surface area is 95.9 Å². The Morgan fingerprint density at radius 2 is 1.80 bits per heavy atom. The summed E-state index contributed by atoms with van der Waals surface area (Å²) in [6.45, 7) is 6.52. The van der Waals surface area contributed by atoms with Crippen molar-refractivity contribution in [2.24, 2.45) is 0 Å². The average Bonchev–Trinajstić information content (AvgIpc) is 2.17. The second-order valence-corrected chi connectivity index (χ2v) is 5.91. The molecule has 82 valence electrons. The van der Waals surface area contributed by atoms with E-state index in [4.69, 9.17) is 4.74 Å². The third kappa shape index (κ3) is 4.88. The van der Waals surface area contributed by atoms with Crippen LogP contribution in [0.1, 0.15) is 26.3 Å². The SMILES string of the molecule is COc1ccc(/C=[NH+]/SC(C)(C)C)cc1. The van der Waals surface area contributed by atoms with Crippen molar-refractivity contribution in [2.45, 2.75) is 25.5 Å². The highest BCUT2D eigenvalue weighted by Gasteiger charge is 2.14. The summed E-state index contributed by atoms with van der Waals surface area (Å²) in [5.74, 6) is 0.885. The lowest BCUT2D eigenvalue weighted by atomic mass is 10.2. The van der Waals surface area contributed by atoms with E-state index < -0.39 is 0 Å². The highest BCUT2D eigenvalue weighted by atomic mass is 32.2.